The van der Waals surface area contributed by atoms with Gasteiger partial charge in [-0.3, -0.25) is 0 Å². The highest BCUT2D eigenvalue weighted by Gasteiger charge is 2.05. The molecule has 3 nitrogen and oxygen atoms in total. The highest BCUT2D eigenvalue weighted by Crippen LogP contribution is 2.29. The average Bonchev–Trinajstić information content (AvgIpc) is 2.31. The Morgan fingerprint density at radius 3 is 2.81 bits per heavy atom. The molecule has 0 aliphatic heterocycles. The molecule has 5 heteroatoms. The van der Waals surface area contributed by atoms with Gasteiger partial charge in [-0.1, -0.05) is 11.6 Å². The SMILES string of the molecule is S=C=Nc1ccc(-c2cccnn2)c(Cl)c1. The molecule has 0 radical (unpaired) electrons. The second-order valence-electron chi connectivity index (χ2n) is 2.98. The van der Waals surface area contributed by atoms with Crippen molar-refractivity contribution in [3.63, 3.8) is 0 Å². The molecule has 0 aliphatic rings. The van der Waals surface area contributed by atoms with E-state index in [0.29, 0.717) is 10.7 Å². The quantitative estimate of drug-likeness (QED) is 0.602. The van der Waals surface area contributed by atoms with Crippen molar-refractivity contribution in [1.82, 2.24) is 10.2 Å². The molecule has 2 aromatic rings. The van der Waals surface area contributed by atoms with Crippen LogP contribution in [-0.4, -0.2) is 15.4 Å². The third-order valence-corrected chi connectivity index (χ3v) is 2.38. The van der Waals surface area contributed by atoms with E-state index in [4.69, 9.17) is 11.6 Å². The number of aliphatic imine (C=N–C) groups is 1. The van der Waals surface area contributed by atoms with E-state index >= 15 is 0 Å². The summed E-state index contributed by atoms with van der Waals surface area (Å²) >= 11 is 10.6. The Morgan fingerprint density at radius 1 is 1.31 bits per heavy atom. The Bertz CT molecular complexity index is 550. The first-order chi connectivity index (χ1) is 7.81. The van der Waals surface area contributed by atoms with E-state index in [1.54, 1.807) is 18.3 Å². The van der Waals surface area contributed by atoms with Gasteiger partial charge in [0.25, 0.3) is 0 Å². The Hall–Kier alpha value is -1.61. The predicted octanol–water partition coefficient (Wildman–Crippen LogP) is 3.53. The molecule has 2 rings (SSSR count). The van der Waals surface area contributed by atoms with Gasteiger partial charge in [0.05, 0.1) is 21.6 Å². The summed E-state index contributed by atoms with van der Waals surface area (Å²) in [5, 5.41) is 10.6. The number of benzene rings is 1. The van der Waals surface area contributed by atoms with Crippen LogP contribution < -0.4 is 0 Å². The largest absolute Gasteiger partial charge is 0.195 e. The fourth-order valence-corrected chi connectivity index (χ4v) is 1.66. The van der Waals surface area contributed by atoms with Gasteiger partial charge in [0, 0.05) is 11.8 Å². The fraction of sp³-hybridized carbons (Fsp3) is 0. The molecule has 0 atom stereocenters. The number of nitrogens with zero attached hydrogens (tertiary/aromatic N) is 3. The summed E-state index contributed by atoms with van der Waals surface area (Å²) in [6.45, 7) is 0. The molecule has 0 aliphatic carbocycles. The summed E-state index contributed by atoms with van der Waals surface area (Å²) in [5.74, 6) is 0. The number of halogens is 1. The topological polar surface area (TPSA) is 38.1 Å². The molecule has 1 aromatic heterocycles. The maximum atomic E-state index is 6.11. The average molecular weight is 248 g/mol. The standard InChI is InChI=1S/C11H6ClN3S/c12-10-6-8(13-7-16)3-4-9(10)11-2-1-5-14-15-11/h1-6H. The van der Waals surface area contributed by atoms with Crippen molar-refractivity contribution in [3.8, 4) is 11.3 Å². The lowest BCUT2D eigenvalue weighted by atomic mass is 10.1. The Morgan fingerprint density at radius 2 is 2.19 bits per heavy atom. The van der Waals surface area contributed by atoms with Crippen molar-refractivity contribution in [2.75, 3.05) is 0 Å². The lowest BCUT2D eigenvalue weighted by molar-refractivity contribution is 1.04. The van der Waals surface area contributed by atoms with Crippen molar-refractivity contribution in [3.05, 3.63) is 41.6 Å². The third-order valence-electron chi connectivity index (χ3n) is 1.98. The summed E-state index contributed by atoms with van der Waals surface area (Å²) in [7, 11) is 0. The third kappa shape index (κ3) is 2.31. The normalized spacial score (nSPS) is 9.56. The lowest BCUT2D eigenvalue weighted by Crippen LogP contribution is -1.86. The van der Waals surface area contributed by atoms with Crippen LogP contribution in [0.4, 0.5) is 5.69 Å². The number of hydrogen-bond acceptors (Lipinski definition) is 4. The maximum Gasteiger partial charge on any atom is 0.0944 e. The molecule has 0 saturated carbocycles. The second kappa shape index (κ2) is 4.94. The molecular formula is C11H6ClN3S. The summed E-state index contributed by atoms with van der Waals surface area (Å²) in [4.78, 5) is 3.85. The van der Waals surface area contributed by atoms with E-state index in [1.807, 2.05) is 18.2 Å². The van der Waals surface area contributed by atoms with Crippen LogP contribution in [0.1, 0.15) is 0 Å². The van der Waals surface area contributed by atoms with Gasteiger partial charge in [0.2, 0.25) is 0 Å². The molecule has 1 heterocycles. The first-order valence-electron chi connectivity index (χ1n) is 4.47. The Balaban J connectivity index is 2.48. The first-order valence-corrected chi connectivity index (χ1v) is 5.25. The Kier molecular flexibility index (Phi) is 3.37. The summed E-state index contributed by atoms with van der Waals surface area (Å²) in [6, 6.07) is 9.00. The van der Waals surface area contributed by atoms with Gasteiger partial charge in [0.1, 0.15) is 0 Å². The molecule has 0 saturated heterocycles. The second-order valence-corrected chi connectivity index (χ2v) is 3.57. The number of thiocarbonyl (C=S) groups is 1. The van der Waals surface area contributed by atoms with E-state index in [2.05, 4.69) is 32.6 Å². The van der Waals surface area contributed by atoms with Crippen molar-refractivity contribution < 1.29 is 0 Å². The number of rotatable bonds is 2. The zero-order chi connectivity index (χ0) is 11.4. The minimum atomic E-state index is 0.562. The summed E-state index contributed by atoms with van der Waals surface area (Å²) in [6.07, 6.45) is 1.61. The van der Waals surface area contributed by atoms with E-state index in [-0.39, 0.29) is 0 Å². The number of isothiocyanates is 1. The van der Waals surface area contributed by atoms with Crippen molar-refractivity contribution in [1.29, 1.82) is 0 Å². The molecule has 16 heavy (non-hydrogen) atoms. The van der Waals surface area contributed by atoms with Gasteiger partial charge in [-0.2, -0.15) is 15.2 Å². The van der Waals surface area contributed by atoms with Crippen LogP contribution in [0.3, 0.4) is 0 Å². The molecule has 0 amide bonds. The molecule has 0 N–H and O–H groups in total. The molecule has 0 fully saturated rings. The van der Waals surface area contributed by atoms with Crippen LogP contribution in [-0.2, 0) is 0 Å². The van der Waals surface area contributed by atoms with Gasteiger partial charge >= 0.3 is 0 Å². The first kappa shape index (κ1) is 10.9. The van der Waals surface area contributed by atoms with Crippen LogP contribution >= 0.6 is 23.8 Å². The van der Waals surface area contributed by atoms with Crippen molar-refractivity contribution in [2.45, 2.75) is 0 Å². The van der Waals surface area contributed by atoms with Gasteiger partial charge in [-0.25, -0.2) is 0 Å². The van der Waals surface area contributed by atoms with Crippen LogP contribution in [0, 0.1) is 0 Å². The zero-order valence-electron chi connectivity index (χ0n) is 8.09. The zero-order valence-corrected chi connectivity index (χ0v) is 9.66. The molecule has 0 bridgehead atoms. The molecule has 0 spiro atoms. The van der Waals surface area contributed by atoms with Gasteiger partial charge in [-0.15, -0.1) is 0 Å². The summed E-state index contributed by atoms with van der Waals surface area (Å²) in [5.41, 5.74) is 2.22. The minimum absolute atomic E-state index is 0.562. The molecule has 78 valence electrons. The van der Waals surface area contributed by atoms with E-state index in [0.717, 1.165) is 11.3 Å². The Labute approximate surface area is 103 Å². The molecular weight excluding hydrogens is 242 g/mol. The van der Waals surface area contributed by atoms with Gasteiger partial charge in [-0.05, 0) is 42.5 Å². The highest BCUT2D eigenvalue weighted by atomic mass is 35.5. The van der Waals surface area contributed by atoms with Crippen LogP contribution in [0.2, 0.25) is 5.02 Å². The van der Waals surface area contributed by atoms with Gasteiger partial charge in [0.15, 0.2) is 0 Å². The number of hydrogen-bond donors (Lipinski definition) is 0. The van der Waals surface area contributed by atoms with Crippen molar-refractivity contribution >= 4 is 34.7 Å². The predicted molar refractivity (Wildman–Crippen MR) is 67.2 cm³/mol. The molecule has 0 unspecified atom stereocenters. The maximum absolute atomic E-state index is 6.11. The van der Waals surface area contributed by atoms with Gasteiger partial charge < -0.3 is 0 Å². The van der Waals surface area contributed by atoms with Crippen LogP contribution in [0.15, 0.2) is 41.5 Å². The summed E-state index contributed by atoms with van der Waals surface area (Å²) < 4.78 is 0. The van der Waals surface area contributed by atoms with Crippen LogP contribution in [0.25, 0.3) is 11.3 Å². The smallest absolute Gasteiger partial charge is 0.0944 e. The van der Waals surface area contributed by atoms with E-state index in [9.17, 15) is 0 Å². The van der Waals surface area contributed by atoms with Crippen LogP contribution in [0.5, 0.6) is 0 Å². The highest BCUT2D eigenvalue weighted by molar-refractivity contribution is 7.78. The lowest BCUT2D eigenvalue weighted by Gasteiger charge is -2.02. The minimum Gasteiger partial charge on any atom is -0.195 e. The number of aromatic nitrogens is 2. The molecule has 1 aromatic carbocycles. The van der Waals surface area contributed by atoms with Crippen molar-refractivity contribution in [2.24, 2.45) is 4.99 Å². The van der Waals surface area contributed by atoms with E-state index in [1.165, 1.54) is 0 Å². The fourth-order valence-electron chi connectivity index (χ4n) is 1.28. The van der Waals surface area contributed by atoms with E-state index < -0.39 is 0 Å². The monoisotopic (exact) mass is 247 g/mol.